The van der Waals surface area contributed by atoms with E-state index in [1.165, 1.54) is 0 Å². The average Bonchev–Trinajstić information content (AvgIpc) is 3.35. The van der Waals surface area contributed by atoms with Gasteiger partial charge in [0.25, 0.3) is 0 Å². The minimum Gasteiger partial charge on any atom is -0.481 e. The molecule has 2 amide bonds. The molecular weight excluding hydrogens is 448 g/mol. The van der Waals surface area contributed by atoms with Crippen molar-refractivity contribution in [2.75, 3.05) is 26.4 Å². The second-order valence-corrected chi connectivity index (χ2v) is 10.1. The number of aliphatic carboxylic acids is 1. The Balaban J connectivity index is 1.21. The molecule has 8 nitrogen and oxygen atoms in total. The lowest BCUT2D eigenvalue weighted by Crippen LogP contribution is -2.56. The molecule has 1 saturated heterocycles. The molecule has 1 saturated carbocycles. The number of fused-ring (bicyclic) bond motifs is 3. The standard InChI is InChI=1S/C27H30N2O6/c1-26(23(30)28-15-27(24(31)32)11-6-12-27)16-34-14-22(26)29-25(33)35-13-21-19-9-4-2-7-17(19)18-8-3-5-10-20(18)21/h2-5,7-10,21-22H,6,11-16H2,1H3,(H,28,30)(H,29,33)(H,31,32). The van der Waals surface area contributed by atoms with Gasteiger partial charge >= 0.3 is 12.1 Å². The van der Waals surface area contributed by atoms with Crippen molar-refractivity contribution in [1.29, 1.82) is 0 Å². The van der Waals surface area contributed by atoms with Crippen molar-refractivity contribution in [2.24, 2.45) is 10.8 Å². The van der Waals surface area contributed by atoms with Gasteiger partial charge in [-0.05, 0) is 42.0 Å². The SMILES string of the molecule is CC1(C(=O)NCC2(C(=O)O)CCC2)COCC1NC(=O)OCC1c2ccccc2-c2ccccc21. The van der Waals surface area contributed by atoms with Crippen LogP contribution in [0, 0.1) is 10.8 Å². The zero-order valence-electron chi connectivity index (χ0n) is 19.7. The van der Waals surface area contributed by atoms with Crippen LogP contribution in [0.3, 0.4) is 0 Å². The van der Waals surface area contributed by atoms with Gasteiger partial charge in [0.2, 0.25) is 5.91 Å². The summed E-state index contributed by atoms with van der Waals surface area (Å²) >= 11 is 0. The first-order valence-corrected chi connectivity index (χ1v) is 12.0. The monoisotopic (exact) mass is 478 g/mol. The number of carboxylic acids is 1. The number of nitrogens with one attached hydrogen (secondary N) is 2. The van der Waals surface area contributed by atoms with Crippen LogP contribution in [0.2, 0.25) is 0 Å². The highest BCUT2D eigenvalue weighted by atomic mass is 16.5. The number of ether oxygens (including phenoxy) is 2. The summed E-state index contributed by atoms with van der Waals surface area (Å²) in [6, 6.07) is 15.6. The lowest BCUT2D eigenvalue weighted by Gasteiger charge is -2.38. The van der Waals surface area contributed by atoms with Gasteiger partial charge in [0.1, 0.15) is 6.61 Å². The molecule has 5 rings (SSSR count). The van der Waals surface area contributed by atoms with Crippen LogP contribution in [-0.2, 0) is 19.1 Å². The summed E-state index contributed by atoms with van der Waals surface area (Å²) in [6.07, 6.45) is 1.34. The molecule has 2 atom stereocenters. The molecule has 2 unspecified atom stereocenters. The van der Waals surface area contributed by atoms with Gasteiger partial charge in [0, 0.05) is 12.5 Å². The van der Waals surface area contributed by atoms with Crippen LogP contribution >= 0.6 is 0 Å². The molecule has 0 bridgehead atoms. The predicted molar refractivity (Wildman–Crippen MR) is 128 cm³/mol. The molecule has 3 N–H and O–H groups in total. The van der Waals surface area contributed by atoms with E-state index in [-0.39, 0.29) is 38.2 Å². The van der Waals surface area contributed by atoms with Gasteiger partial charge in [-0.25, -0.2) is 4.79 Å². The highest BCUT2D eigenvalue weighted by Crippen LogP contribution is 2.44. The van der Waals surface area contributed by atoms with Crippen molar-refractivity contribution in [2.45, 2.75) is 38.1 Å². The third-order valence-corrected chi connectivity index (χ3v) is 7.96. The number of alkyl carbamates (subject to hydrolysis) is 1. The Kier molecular flexibility index (Phi) is 6.01. The molecule has 0 spiro atoms. The maximum atomic E-state index is 13.0. The van der Waals surface area contributed by atoms with Crippen molar-refractivity contribution in [3.8, 4) is 11.1 Å². The zero-order chi connectivity index (χ0) is 24.6. The number of hydrogen-bond donors (Lipinski definition) is 3. The average molecular weight is 479 g/mol. The fourth-order valence-electron chi connectivity index (χ4n) is 5.40. The fourth-order valence-corrected chi connectivity index (χ4v) is 5.40. The third-order valence-electron chi connectivity index (χ3n) is 7.96. The Morgan fingerprint density at radius 1 is 1.06 bits per heavy atom. The van der Waals surface area contributed by atoms with Gasteiger partial charge in [-0.3, -0.25) is 9.59 Å². The van der Waals surface area contributed by atoms with E-state index in [9.17, 15) is 19.5 Å². The number of carbonyl (C=O) groups excluding carboxylic acids is 2. The van der Waals surface area contributed by atoms with E-state index >= 15 is 0 Å². The molecule has 2 aromatic carbocycles. The highest BCUT2D eigenvalue weighted by Gasteiger charge is 2.50. The van der Waals surface area contributed by atoms with Crippen LogP contribution in [0.1, 0.15) is 43.2 Å². The van der Waals surface area contributed by atoms with Crippen molar-refractivity contribution in [3.05, 3.63) is 59.7 Å². The lowest BCUT2D eigenvalue weighted by atomic mass is 9.68. The van der Waals surface area contributed by atoms with Gasteiger partial charge in [0.05, 0.1) is 30.1 Å². The Morgan fingerprint density at radius 2 is 1.69 bits per heavy atom. The minimum atomic E-state index is -1.02. The molecule has 1 heterocycles. The molecule has 1 aliphatic heterocycles. The van der Waals surface area contributed by atoms with Gasteiger partial charge in [-0.1, -0.05) is 55.0 Å². The first-order valence-electron chi connectivity index (χ1n) is 12.0. The summed E-state index contributed by atoms with van der Waals surface area (Å²) in [5.74, 6) is -1.27. The van der Waals surface area contributed by atoms with E-state index in [2.05, 4.69) is 34.9 Å². The smallest absolute Gasteiger partial charge is 0.407 e. The molecule has 3 aliphatic rings. The summed E-state index contributed by atoms with van der Waals surface area (Å²) in [6.45, 7) is 2.29. The van der Waals surface area contributed by atoms with Gasteiger partial charge < -0.3 is 25.2 Å². The second kappa shape index (κ2) is 9.00. The number of hydrogen-bond acceptors (Lipinski definition) is 5. The third kappa shape index (κ3) is 4.05. The molecule has 0 radical (unpaired) electrons. The Morgan fingerprint density at radius 3 is 2.26 bits per heavy atom. The van der Waals surface area contributed by atoms with E-state index in [4.69, 9.17) is 9.47 Å². The summed E-state index contributed by atoms with van der Waals surface area (Å²) in [5, 5.41) is 15.1. The first kappa shape index (κ1) is 23.4. The van der Waals surface area contributed by atoms with Crippen LogP contribution in [0.5, 0.6) is 0 Å². The molecule has 8 heteroatoms. The van der Waals surface area contributed by atoms with E-state index in [0.29, 0.717) is 12.8 Å². The number of carbonyl (C=O) groups is 3. The summed E-state index contributed by atoms with van der Waals surface area (Å²) in [7, 11) is 0. The predicted octanol–water partition coefficient (Wildman–Crippen LogP) is 3.30. The van der Waals surface area contributed by atoms with Gasteiger partial charge in [0.15, 0.2) is 0 Å². The van der Waals surface area contributed by atoms with Crippen LogP contribution in [0.15, 0.2) is 48.5 Å². The number of benzene rings is 2. The normalized spacial score (nSPS) is 24.1. The number of carboxylic acid groups (broad SMARTS) is 1. The fraction of sp³-hybridized carbons (Fsp3) is 0.444. The maximum absolute atomic E-state index is 13.0. The van der Waals surface area contributed by atoms with E-state index in [1.807, 2.05) is 24.3 Å². The van der Waals surface area contributed by atoms with Crippen molar-refractivity contribution >= 4 is 18.0 Å². The maximum Gasteiger partial charge on any atom is 0.407 e. The Hall–Kier alpha value is -3.39. The molecule has 2 fully saturated rings. The van der Waals surface area contributed by atoms with Crippen molar-refractivity contribution < 1.29 is 29.0 Å². The Bertz CT molecular complexity index is 1110. The molecule has 2 aromatic rings. The van der Waals surface area contributed by atoms with E-state index < -0.39 is 28.9 Å². The van der Waals surface area contributed by atoms with Crippen LogP contribution in [0.25, 0.3) is 11.1 Å². The van der Waals surface area contributed by atoms with Crippen molar-refractivity contribution in [3.63, 3.8) is 0 Å². The quantitative estimate of drug-likeness (QED) is 0.563. The zero-order valence-corrected chi connectivity index (χ0v) is 19.7. The number of amides is 2. The van der Waals surface area contributed by atoms with E-state index in [0.717, 1.165) is 28.7 Å². The highest BCUT2D eigenvalue weighted by molar-refractivity contribution is 5.86. The summed E-state index contributed by atoms with van der Waals surface area (Å²) < 4.78 is 11.2. The summed E-state index contributed by atoms with van der Waals surface area (Å²) in [4.78, 5) is 37.4. The van der Waals surface area contributed by atoms with Crippen LogP contribution < -0.4 is 10.6 Å². The number of rotatable bonds is 7. The van der Waals surface area contributed by atoms with Crippen LogP contribution in [-0.4, -0.2) is 55.5 Å². The topological polar surface area (TPSA) is 114 Å². The van der Waals surface area contributed by atoms with E-state index in [1.54, 1.807) is 6.92 Å². The first-order chi connectivity index (χ1) is 16.8. The minimum absolute atomic E-state index is 0.0580. The Labute approximate surface area is 204 Å². The molecule has 184 valence electrons. The van der Waals surface area contributed by atoms with Gasteiger partial charge in [-0.2, -0.15) is 0 Å². The lowest BCUT2D eigenvalue weighted by molar-refractivity contribution is -0.154. The van der Waals surface area contributed by atoms with Crippen LogP contribution in [0.4, 0.5) is 4.79 Å². The second-order valence-electron chi connectivity index (χ2n) is 10.1. The molecule has 35 heavy (non-hydrogen) atoms. The van der Waals surface area contributed by atoms with Crippen molar-refractivity contribution in [1.82, 2.24) is 10.6 Å². The van der Waals surface area contributed by atoms with Gasteiger partial charge in [-0.15, -0.1) is 0 Å². The summed E-state index contributed by atoms with van der Waals surface area (Å²) in [5.41, 5.74) is 2.64. The largest absolute Gasteiger partial charge is 0.481 e. The molecule has 0 aromatic heterocycles. The molecule has 2 aliphatic carbocycles. The molecular formula is C27H30N2O6.